The first-order valence-corrected chi connectivity index (χ1v) is 4.88. The number of hydrogen-bond acceptors (Lipinski definition) is 6. The van der Waals surface area contributed by atoms with Crippen LogP contribution in [0.15, 0.2) is 21.5 Å². The largest absolute Gasteiger partial charge is 0.496 e. The number of benzene rings is 1. The van der Waals surface area contributed by atoms with Crippen LogP contribution < -0.4 is 14.2 Å². The zero-order valence-electron chi connectivity index (χ0n) is 8.73. The lowest BCUT2D eigenvalue weighted by Crippen LogP contribution is -1.93. The van der Waals surface area contributed by atoms with Crippen molar-refractivity contribution in [2.45, 2.75) is 4.90 Å². The molecule has 82 valence electrons. The Hall–Kier alpha value is -1.43. The van der Waals surface area contributed by atoms with E-state index in [0.717, 1.165) is 11.9 Å². The van der Waals surface area contributed by atoms with Gasteiger partial charge in [0.05, 0.1) is 21.3 Å². The Labute approximate surface area is 92.4 Å². The van der Waals surface area contributed by atoms with Gasteiger partial charge in [0.2, 0.25) is 0 Å². The summed E-state index contributed by atoms with van der Waals surface area (Å²) >= 11 is 0.983. The van der Waals surface area contributed by atoms with E-state index in [0.29, 0.717) is 22.1 Å². The summed E-state index contributed by atoms with van der Waals surface area (Å²) in [6, 6.07) is 3.44. The van der Waals surface area contributed by atoms with Crippen LogP contribution >= 0.6 is 11.9 Å². The Morgan fingerprint density at radius 3 is 1.93 bits per heavy atom. The summed E-state index contributed by atoms with van der Waals surface area (Å²) in [5.74, 6) is 1.79. The maximum atomic E-state index is 6.83. The molecular formula is C9H12N2O3S. The number of rotatable bonds is 5. The molecule has 0 fully saturated rings. The quantitative estimate of drug-likeness (QED) is 0.621. The first kappa shape index (κ1) is 11.6. The van der Waals surface area contributed by atoms with Crippen LogP contribution in [0.2, 0.25) is 0 Å². The second-order valence-corrected chi connectivity index (χ2v) is 3.32. The summed E-state index contributed by atoms with van der Waals surface area (Å²) in [6.07, 6.45) is 0. The monoisotopic (exact) mass is 228 g/mol. The lowest BCUT2D eigenvalue weighted by Gasteiger charge is -2.12. The second-order valence-electron chi connectivity index (χ2n) is 2.54. The minimum atomic E-state index is 0.576. The van der Waals surface area contributed by atoms with E-state index in [4.69, 9.17) is 19.7 Å². The van der Waals surface area contributed by atoms with Gasteiger partial charge in [-0.05, 0) is 0 Å². The van der Waals surface area contributed by atoms with Crippen LogP contribution in [0, 0.1) is 5.53 Å². The second kappa shape index (κ2) is 5.45. The molecule has 6 heteroatoms. The van der Waals surface area contributed by atoms with Crippen molar-refractivity contribution in [3.63, 3.8) is 0 Å². The van der Waals surface area contributed by atoms with Gasteiger partial charge in [-0.1, -0.05) is 0 Å². The smallest absolute Gasteiger partial charge is 0.141 e. The number of nitrogens with one attached hydrogen (secondary N) is 1. The molecule has 0 unspecified atom stereocenters. The molecule has 0 amide bonds. The van der Waals surface area contributed by atoms with E-state index >= 15 is 0 Å². The van der Waals surface area contributed by atoms with Crippen molar-refractivity contribution in [2.24, 2.45) is 4.52 Å². The van der Waals surface area contributed by atoms with Crippen LogP contribution in [-0.4, -0.2) is 21.3 Å². The van der Waals surface area contributed by atoms with Crippen LogP contribution in [0.3, 0.4) is 0 Å². The highest BCUT2D eigenvalue weighted by Gasteiger charge is 2.13. The van der Waals surface area contributed by atoms with E-state index < -0.39 is 0 Å². The van der Waals surface area contributed by atoms with Crippen LogP contribution in [0.25, 0.3) is 0 Å². The maximum Gasteiger partial charge on any atom is 0.141 e. The van der Waals surface area contributed by atoms with E-state index in [2.05, 4.69) is 4.52 Å². The Balaban J connectivity index is 3.25. The molecule has 0 aromatic heterocycles. The maximum absolute atomic E-state index is 6.83. The van der Waals surface area contributed by atoms with Gasteiger partial charge in [-0.15, -0.1) is 4.52 Å². The first-order valence-electron chi connectivity index (χ1n) is 4.10. The molecule has 0 radical (unpaired) electrons. The average Bonchev–Trinajstić information content (AvgIpc) is 2.29. The third-order valence-corrected chi connectivity index (χ3v) is 2.48. The predicted octanol–water partition coefficient (Wildman–Crippen LogP) is 2.75. The molecule has 0 heterocycles. The molecular weight excluding hydrogens is 216 g/mol. The fourth-order valence-electron chi connectivity index (χ4n) is 1.11. The van der Waals surface area contributed by atoms with Gasteiger partial charge in [0.15, 0.2) is 0 Å². The molecule has 0 aliphatic heterocycles. The zero-order chi connectivity index (χ0) is 11.3. The Kier molecular flexibility index (Phi) is 4.23. The van der Waals surface area contributed by atoms with Gasteiger partial charge in [-0.25, -0.2) is 0 Å². The highest BCUT2D eigenvalue weighted by Crippen LogP contribution is 2.41. The first-order chi connectivity index (χ1) is 7.26. The molecule has 1 N–H and O–H groups in total. The average molecular weight is 228 g/mol. The van der Waals surface area contributed by atoms with Gasteiger partial charge in [-0.2, -0.15) is 5.53 Å². The van der Waals surface area contributed by atoms with Gasteiger partial charge < -0.3 is 14.2 Å². The Morgan fingerprint density at radius 1 is 1.07 bits per heavy atom. The van der Waals surface area contributed by atoms with Crippen molar-refractivity contribution in [3.8, 4) is 17.2 Å². The molecule has 0 saturated heterocycles. The predicted molar refractivity (Wildman–Crippen MR) is 57.1 cm³/mol. The van der Waals surface area contributed by atoms with Crippen LogP contribution in [-0.2, 0) is 0 Å². The normalized spacial score (nSPS) is 9.53. The molecule has 0 spiro atoms. The molecule has 0 saturated carbocycles. The van der Waals surface area contributed by atoms with Crippen LogP contribution in [0.1, 0.15) is 0 Å². The van der Waals surface area contributed by atoms with Crippen molar-refractivity contribution < 1.29 is 14.2 Å². The lowest BCUT2D eigenvalue weighted by molar-refractivity contribution is 0.361. The van der Waals surface area contributed by atoms with E-state index in [1.807, 2.05) is 0 Å². The topological polar surface area (TPSA) is 63.9 Å². The summed E-state index contributed by atoms with van der Waals surface area (Å²) in [4.78, 5) is 0.663. The zero-order valence-corrected chi connectivity index (χ0v) is 9.55. The van der Waals surface area contributed by atoms with E-state index in [-0.39, 0.29) is 0 Å². The number of nitrogens with zero attached hydrogens (tertiary/aromatic N) is 1. The van der Waals surface area contributed by atoms with Crippen molar-refractivity contribution in [3.05, 3.63) is 12.1 Å². The molecule has 0 atom stereocenters. The number of ether oxygens (including phenoxy) is 3. The van der Waals surface area contributed by atoms with E-state index in [1.165, 1.54) is 0 Å². The molecule has 0 aliphatic rings. The third kappa shape index (κ3) is 2.53. The Morgan fingerprint density at radius 2 is 1.60 bits per heavy atom. The van der Waals surface area contributed by atoms with Crippen LogP contribution in [0.5, 0.6) is 17.2 Å². The van der Waals surface area contributed by atoms with Crippen molar-refractivity contribution >= 4 is 11.9 Å². The van der Waals surface area contributed by atoms with Crippen molar-refractivity contribution in [1.29, 1.82) is 5.53 Å². The summed E-state index contributed by atoms with van der Waals surface area (Å²) in [5.41, 5.74) is 6.83. The molecule has 0 aliphatic carbocycles. The standard InChI is InChI=1S/C9H12N2O3S/c1-12-6-4-7(13-2)9(15-11-10)8(5-6)14-3/h4-5,10H,1-3H3. The fourth-order valence-corrected chi connectivity index (χ4v) is 1.67. The molecule has 1 rings (SSSR count). The molecule has 1 aromatic rings. The van der Waals surface area contributed by atoms with Crippen molar-refractivity contribution in [2.75, 3.05) is 21.3 Å². The number of hydrogen-bond donors (Lipinski definition) is 1. The van der Waals surface area contributed by atoms with Gasteiger partial charge >= 0.3 is 0 Å². The molecule has 1 aromatic carbocycles. The summed E-state index contributed by atoms with van der Waals surface area (Å²) in [6.45, 7) is 0. The summed E-state index contributed by atoms with van der Waals surface area (Å²) < 4.78 is 18.6. The Bertz CT molecular complexity index is 332. The van der Waals surface area contributed by atoms with Crippen LogP contribution in [0.4, 0.5) is 0 Å². The molecule has 0 bridgehead atoms. The third-order valence-electron chi connectivity index (χ3n) is 1.81. The highest BCUT2D eigenvalue weighted by atomic mass is 32.2. The minimum absolute atomic E-state index is 0.576. The molecule has 5 nitrogen and oxygen atoms in total. The SMILES string of the molecule is COc1cc(OC)c(SN=N)c(OC)c1. The minimum Gasteiger partial charge on any atom is -0.496 e. The van der Waals surface area contributed by atoms with E-state index in [9.17, 15) is 0 Å². The highest BCUT2D eigenvalue weighted by molar-refractivity contribution is 7.98. The molecule has 15 heavy (non-hydrogen) atoms. The van der Waals surface area contributed by atoms with Crippen molar-refractivity contribution in [1.82, 2.24) is 0 Å². The van der Waals surface area contributed by atoms with Gasteiger partial charge in [0.25, 0.3) is 0 Å². The van der Waals surface area contributed by atoms with Gasteiger partial charge in [0.1, 0.15) is 22.1 Å². The van der Waals surface area contributed by atoms with Gasteiger partial charge in [0, 0.05) is 24.1 Å². The van der Waals surface area contributed by atoms with E-state index in [1.54, 1.807) is 33.5 Å². The summed E-state index contributed by atoms with van der Waals surface area (Å²) in [5, 5.41) is 0. The fraction of sp³-hybridized carbons (Fsp3) is 0.333. The summed E-state index contributed by atoms with van der Waals surface area (Å²) in [7, 11) is 4.65. The lowest BCUT2D eigenvalue weighted by atomic mass is 10.3. The van der Waals surface area contributed by atoms with Gasteiger partial charge in [-0.3, -0.25) is 0 Å². The number of methoxy groups -OCH3 is 3.